The second kappa shape index (κ2) is 8.57. The van der Waals surface area contributed by atoms with Crippen molar-refractivity contribution in [2.24, 2.45) is 0 Å². The highest BCUT2D eigenvalue weighted by Crippen LogP contribution is 2.34. The third-order valence-corrected chi connectivity index (χ3v) is 7.16. The number of ether oxygens (including phenoxy) is 2. The Morgan fingerprint density at radius 2 is 1.59 bits per heavy atom. The minimum atomic E-state index is -3.75. The van der Waals surface area contributed by atoms with Crippen LogP contribution < -0.4 is 14.2 Å². The van der Waals surface area contributed by atoms with Gasteiger partial charge >= 0.3 is 0 Å². The van der Waals surface area contributed by atoms with Gasteiger partial charge in [0.1, 0.15) is 13.2 Å². The van der Waals surface area contributed by atoms with E-state index < -0.39 is 16.1 Å². The zero-order chi connectivity index (χ0) is 20.3. The van der Waals surface area contributed by atoms with E-state index in [4.69, 9.17) is 9.47 Å². The Balaban J connectivity index is 1.70. The molecule has 1 unspecified atom stereocenters. The van der Waals surface area contributed by atoms with Crippen LogP contribution in [0.3, 0.4) is 0 Å². The maximum absolute atomic E-state index is 13.1. The molecule has 0 aromatic heterocycles. The molecule has 0 spiro atoms. The summed E-state index contributed by atoms with van der Waals surface area (Å²) >= 11 is 3.34. The fraction of sp³-hybridized carbons (Fsp3) is 0.182. The zero-order valence-electron chi connectivity index (χ0n) is 15.5. The van der Waals surface area contributed by atoms with Crippen molar-refractivity contribution in [1.82, 2.24) is 4.72 Å². The topological polar surface area (TPSA) is 64.6 Å². The van der Waals surface area contributed by atoms with E-state index >= 15 is 0 Å². The molecule has 0 radical (unpaired) electrons. The first kappa shape index (κ1) is 19.9. The van der Waals surface area contributed by atoms with Gasteiger partial charge in [-0.15, -0.1) is 0 Å². The Bertz CT molecular complexity index is 1100. The third-order valence-electron chi connectivity index (χ3n) is 4.67. The van der Waals surface area contributed by atoms with Crippen LogP contribution in [-0.4, -0.2) is 21.6 Å². The van der Waals surface area contributed by atoms with Crippen molar-refractivity contribution in [1.29, 1.82) is 0 Å². The molecule has 1 aliphatic rings. The molecule has 0 amide bonds. The lowest BCUT2D eigenvalue weighted by molar-refractivity contribution is 0.171. The summed E-state index contributed by atoms with van der Waals surface area (Å²) in [6, 6.07) is 21.7. The van der Waals surface area contributed by atoms with Gasteiger partial charge in [-0.3, -0.25) is 0 Å². The van der Waals surface area contributed by atoms with Crippen LogP contribution in [0.1, 0.15) is 17.2 Å². The quantitative estimate of drug-likeness (QED) is 0.572. The maximum atomic E-state index is 13.1. The molecule has 7 heteroatoms. The third kappa shape index (κ3) is 4.63. The van der Waals surface area contributed by atoms with Crippen molar-refractivity contribution in [3.05, 3.63) is 88.4 Å². The number of benzene rings is 3. The molecule has 1 aliphatic heterocycles. The van der Waals surface area contributed by atoms with Crippen LogP contribution in [0.5, 0.6) is 11.5 Å². The van der Waals surface area contributed by atoms with Crippen molar-refractivity contribution in [3.63, 3.8) is 0 Å². The number of sulfonamides is 1. The first-order chi connectivity index (χ1) is 14.0. The Kier molecular flexibility index (Phi) is 5.89. The monoisotopic (exact) mass is 473 g/mol. The molecule has 29 heavy (non-hydrogen) atoms. The van der Waals surface area contributed by atoms with Crippen molar-refractivity contribution in [3.8, 4) is 11.5 Å². The van der Waals surface area contributed by atoms with Gasteiger partial charge in [-0.1, -0.05) is 48.5 Å². The summed E-state index contributed by atoms with van der Waals surface area (Å²) in [5, 5.41) is 0. The maximum Gasteiger partial charge on any atom is 0.242 e. The molecule has 1 heterocycles. The van der Waals surface area contributed by atoms with E-state index in [0.717, 1.165) is 11.1 Å². The highest BCUT2D eigenvalue weighted by atomic mass is 79.9. The largest absolute Gasteiger partial charge is 0.486 e. The highest BCUT2D eigenvalue weighted by Gasteiger charge is 2.25. The predicted octanol–water partition coefficient (Wildman–Crippen LogP) is 4.48. The SMILES string of the molecule is O=S(=O)(NC(Cc1ccccc1)c1ccc2c(c1)OCCO2)c1ccccc1Br. The fourth-order valence-corrected chi connectivity index (χ4v) is 5.49. The fourth-order valence-electron chi connectivity index (χ4n) is 3.27. The summed E-state index contributed by atoms with van der Waals surface area (Å²) in [5.74, 6) is 1.30. The van der Waals surface area contributed by atoms with Crippen LogP contribution >= 0.6 is 15.9 Å². The zero-order valence-corrected chi connectivity index (χ0v) is 17.9. The molecule has 1 N–H and O–H groups in total. The van der Waals surface area contributed by atoms with Crippen LogP contribution in [0.15, 0.2) is 82.2 Å². The standard InChI is InChI=1S/C22H20BrNO4S/c23-18-8-4-5-9-22(18)29(25,26)24-19(14-16-6-2-1-3-7-16)17-10-11-20-21(15-17)28-13-12-27-20/h1-11,15,19,24H,12-14H2. The Hall–Kier alpha value is -2.35. The average molecular weight is 474 g/mol. The second-order valence-electron chi connectivity index (χ2n) is 6.70. The lowest BCUT2D eigenvalue weighted by Gasteiger charge is -2.23. The summed E-state index contributed by atoms with van der Waals surface area (Å²) in [4.78, 5) is 0.204. The minimum absolute atomic E-state index is 0.204. The molecule has 3 aromatic carbocycles. The smallest absolute Gasteiger partial charge is 0.242 e. The van der Waals surface area contributed by atoms with Crippen LogP contribution in [0.25, 0.3) is 0 Å². The number of hydrogen-bond donors (Lipinski definition) is 1. The predicted molar refractivity (Wildman–Crippen MR) is 115 cm³/mol. The second-order valence-corrected chi connectivity index (χ2v) is 9.23. The lowest BCUT2D eigenvalue weighted by Crippen LogP contribution is -2.30. The van der Waals surface area contributed by atoms with Crippen molar-refractivity contribution >= 4 is 26.0 Å². The Morgan fingerprint density at radius 1 is 0.897 bits per heavy atom. The average Bonchev–Trinajstić information content (AvgIpc) is 2.74. The van der Waals surface area contributed by atoms with E-state index in [1.807, 2.05) is 48.5 Å². The van der Waals surface area contributed by atoms with Crippen molar-refractivity contribution < 1.29 is 17.9 Å². The van der Waals surface area contributed by atoms with E-state index in [9.17, 15) is 8.42 Å². The molecule has 3 aromatic rings. The van der Waals surface area contributed by atoms with E-state index in [0.29, 0.717) is 35.6 Å². The number of nitrogens with one attached hydrogen (secondary N) is 1. The first-order valence-corrected chi connectivity index (χ1v) is 11.5. The van der Waals surface area contributed by atoms with Gasteiger partial charge < -0.3 is 9.47 Å². The van der Waals surface area contributed by atoms with Gasteiger partial charge in [0.2, 0.25) is 10.0 Å². The molecular formula is C22H20BrNO4S. The number of rotatable bonds is 6. The van der Waals surface area contributed by atoms with Crippen molar-refractivity contribution in [2.75, 3.05) is 13.2 Å². The molecule has 0 saturated carbocycles. The van der Waals surface area contributed by atoms with Gasteiger partial charge in [-0.25, -0.2) is 13.1 Å². The highest BCUT2D eigenvalue weighted by molar-refractivity contribution is 9.10. The van der Waals surface area contributed by atoms with Crippen LogP contribution in [0.4, 0.5) is 0 Å². The van der Waals surface area contributed by atoms with Gasteiger partial charge in [0.15, 0.2) is 11.5 Å². The van der Waals surface area contributed by atoms with E-state index in [-0.39, 0.29) is 4.90 Å². The number of halogens is 1. The summed E-state index contributed by atoms with van der Waals surface area (Å²) in [6.07, 6.45) is 0.504. The van der Waals surface area contributed by atoms with E-state index in [1.54, 1.807) is 24.3 Å². The van der Waals surface area contributed by atoms with Gasteiger partial charge in [-0.05, 0) is 57.7 Å². The normalized spacial score (nSPS) is 14.4. The molecule has 0 aliphatic carbocycles. The summed E-state index contributed by atoms with van der Waals surface area (Å²) < 4.78 is 40.9. The van der Waals surface area contributed by atoms with E-state index in [2.05, 4.69) is 20.7 Å². The minimum Gasteiger partial charge on any atom is -0.486 e. The molecule has 0 fully saturated rings. The summed E-state index contributed by atoms with van der Waals surface area (Å²) in [7, 11) is -3.75. The van der Waals surface area contributed by atoms with Crippen LogP contribution in [-0.2, 0) is 16.4 Å². The summed E-state index contributed by atoms with van der Waals surface area (Å²) in [6.45, 7) is 0.983. The molecule has 4 rings (SSSR count). The molecule has 0 saturated heterocycles. The molecule has 1 atom stereocenters. The molecule has 150 valence electrons. The van der Waals surface area contributed by atoms with Crippen LogP contribution in [0, 0.1) is 0 Å². The summed E-state index contributed by atoms with van der Waals surface area (Å²) in [5.41, 5.74) is 1.84. The molecule has 0 bridgehead atoms. The van der Waals surface area contributed by atoms with Crippen molar-refractivity contribution in [2.45, 2.75) is 17.4 Å². The van der Waals surface area contributed by atoms with Gasteiger partial charge in [0.25, 0.3) is 0 Å². The first-order valence-electron chi connectivity index (χ1n) is 9.23. The Labute approximate surface area is 178 Å². The van der Waals surface area contributed by atoms with E-state index in [1.165, 1.54) is 0 Å². The van der Waals surface area contributed by atoms with Gasteiger partial charge in [0.05, 0.1) is 10.9 Å². The Morgan fingerprint density at radius 3 is 2.34 bits per heavy atom. The van der Waals surface area contributed by atoms with Gasteiger partial charge in [0, 0.05) is 4.47 Å². The number of fused-ring (bicyclic) bond motifs is 1. The lowest BCUT2D eigenvalue weighted by atomic mass is 9.99. The molecule has 5 nitrogen and oxygen atoms in total. The van der Waals surface area contributed by atoms with Gasteiger partial charge in [-0.2, -0.15) is 0 Å². The molecular weight excluding hydrogens is 454 g/mol. The van der Waals surface area contributed by atoms with Crippen LogP contribution in [0.2, 0.25) is 0 Å². The number of hydrogen-bond acceptors (Lipinski definition) is 4.